The first-order chi connectivity index (χ1) is 9.11. The van der Waals surface area contributed by atoms with Crippen LogP contribution in [0.1, 0.15) is 6.42 Å². The van der Waals surface area contributed by atoms with Crippen LogP contribution < -0.4 is 4.74 Å². The number of aliphatic carboxylic acids is 1. The fourth-order valence-electron chi connectivity index (χ4n) is 1.60. The van der Waals surface area contributed by atoms with E-state index in [-0.39, 0.29) is 13.0 Å². The number of halogens is 1. The van der Waals surface area contributed by atoms with Crippen molar-refractivity contribution in [1.29, 1.82) is 0 Å². The fourth-order valence-corrected chi connectivity index (χ4v) is 1.94. The second-order valence-electron chi connectivity index (χ2n) is 3.71. The Bertz CT molecular complexity index is 599. The highest BCUT2D eigenvalue weighted by atomic mass is 79.9. The molecule has 0 aliphatic heterocycles. The maximum absolute atomic E-state index is 10.6. The van der Waals surface area contributed by atoms with E-state index in [4.69, 9.17) is 9.84 Å². The summed E-state index contributed by atoms with van der Waals surface area (Å²) < 4.78 is 7.59. The topological polar surface area (TPSA) is 90.1 Å². The minimum Gasteiger partial charge on any atom is -0.496 e. The van der Waals surface area contributed by atoms with Crippen molar-refractivity contribution in [3.63, 3.8) is 0 Å². The second kappa shape index (κ2) is 5.79. The van der Waals surface area contributed by atoms with Crippen LogP contribution in [-0.4, -0.2) is 38.4 Å². The van der Waals surface area contributed by atoms with E-state index in [2.05, 4.69) is 31.5 Å². The zero-order valence-corrected chi connectivity index (χ0v) is 11.7. The lowest BCUT2D eigenvalue weighted by molar-refractivity contribution is -0.137. The van der Waals surface area contributed by atoms with Crippen molar-refractivity contribution in [3.8, 4) is 17.1 Å². The summed E-state index contributed by atoms with van der Waals surface area (Å²) in [5.41, 5.74) is 0.709. The lowest BCUT2D eigenvalue weighted by Crippen LogP contribution is -2.08. The third kappa shape index (κ3) is 3.08. The van der Waals surface area contributed by atoms with Gasteiger partial charge < -0.3 is 9.84 Å². The van der Waals surface area contributed by atoms with E-state index in [9.17, 15) is 4.79 Å². The van der Waals surface area contributed by atoms with Crippen LogP contribution in [-0.2, 0) is 11.3 Å². The molecule has 8 heteroatoms. The average Bonchev–Trinajstić information content (AvgIpc) is 2.84. The van der Waals surface area contributed by atoms with Crippen LogP contribution in [0, 0.1) is 0 Å². The van der Waals surface area contributed by atoms with Crippen molar-refractivity contribution < 1.29 is 14.6 Å². The van der Waals surface area contributed by atoms with Gasteiger partial charge in [0.15, 0.2) is 5.82 Å². The highest BCUT2D eigenvalue weighted by Gasteiger charge is 2.14. The molecule has 0 unspecified atom stereocenters. The highest BCUT2D eigenvalue weighted by Crippen LogP contribution is 2.30. The fraction of sp³-hybridized carbons (Fsp3) is 0.273. The van der Waals surface area contributed by atoms with E-state index in [1.807, 2.05) is 12.1 Å². The van der Waals surface area contributed by atoms with Crippen molar-refractivity contribution >= 4 is 21.9 Å². The van der Waals surface area contributed by atoms with Gasteiger partial charge in [0.2, 0.25) is 0 Å². The van der Waals surface area contributed by atoms with Crippen LogP contribution in [0.4, 0.5) is 0 Å². The van der Waals surface area contributed by atoms with Gasteiger partial charge in [0.25, 0.3) is 0 Å². The molecule has 2 rings (SSSR count). The minimum atomic E-state index is -0.899. The second-order valence-corrected chi connectivity index (χ2v) is 4.63. The number of carboxylic acid groups (broad SMARTS) is 1. The molecule has 0 saturated heterocycles. The molecule has 0 atom stereocenters. The van der Waals surface area contributed by atoms with Crippen molar-refractivity contribution in [3.05, 3.63) is 22.7 Å². The Labute approximate surface area is 117 Å². The molecule has 1 N–H and O–H groups in total. The highest BCUT2D eigenvalue weighted by molar-refractivity contribution is 9.10. The molecular weight excluding hydrogens is 316 g/mol. The number of aryl methyl sites for hydroxylation is 1. The Kier molecular flexibility index (Phi) is 4.10. The number of methoxy groups -OCH3 is 1. The number of carboxylic acids is 1. The number of tetrazole rings is 1. The molecule has 2 aromatic rings. The Morgan fingerprint density at radius 2 is 2.32 bits per heavy atom. The van der Waals surface area contributed by atoms with Gasteiger partial charge in [-0.1, -0.05) is 15.9 Å². The van der Waals surface area contributed by atoms with E-state index in [1.165, 1.54) is 4.68 Å². The molecule has 1 heterocycles. The lowest BCUT2D eigenvalue weighted by atomic mass is 10.2. The van der Waals surface area contributed by atoms with Crippen LogP contribution in [0.2, 0.25) is 0 Å². The number of aromatic nitrogens is 4. The zero-order chi connectivity index (χ0) is 13.8. The van der Waals surface area contributed by atoms with E-state index in [0.29, 0.717) is 17.1 Å². The normalized spacial score (nSPS) is 10.4. The van der Waals surface area contributed by atoms with Gasteiger partial charge in [-0.25, -0.2) is 4.68 Å². The summed E-state index contributed by atoms with van der Waals surface area (Å²) in [7, 11) is 1.55. The smallest absolute Gasteiger partial charge is 0.305 e. The molecule has 0 aliphatic rings. The third-order valence-corrected chi connectivity index (χ3v) is 2.97. The Hall–Kier alpha value is -1.96. The van der Waals surface area contributed by atoms with Gasteiger partial charge in [-0.05, 0) is 28.6 Å². The van der Waals surface area contributed by atoms with Crippen LogP contribution in [0.25, 0.3) is 11.4 Å². The van der Waals surface area contributed by atoms with Gasteiger partial charge >= 0.3 is 5.97 Å². The van der Waals surface area contributed by atoms with Crippen molar-refractivity contribution in [2.24, 2.45) is 0 Å². The summed E-state index contributed by atoms with van der Waals surface area (Å²) in [6.07, 6.45) is -0.0448. The number of rotatable bonds is 5. The van der Waals surface area contributed by atoms with Gasteiger partial charge in [0.1, 0.15) is 5.75 Å². The molecule has 0 amide bonds. The molecule has 100 valence electrons. The maximum atomic E-state index is 10.6. The summed E-state index contributed by atoms with van der Waals surface area (Å²) in [4.78, 5) is 10.6. The molecule has 0 radical (unpaired) electrons. The first-order valence-corrected chi connectivity index (χ1v) is 6.23. The van der Waals surface area contributed by atoms with Crippen LogP contribution in [0.3, 0.4) is 0 Å². The largest absolute Gasteiger partial charge is 0.496 e. The molecule has 0 aliphatic carbocycles. The number of nitrogens with zero attached hydrogens (tertiary/aromatic N) is 4. The quantitative estimate of drug-likeness (QED) is 0.897. The monoisotopic (exact) mass is 326 g/mol. The summed E-state index contributed by atoms with van der Waals surface area (Å²) in [6.45, 7) is 0.205. The SMILES string of the molecule is COc1cc(Br)ccc1-c1nnnn1CCC(=O)O. The standard InChI is InChI=1S/C11H11BrN4O3/c1-19-9-6-7(12)2-3-8(9)11-13-14-15-16(11)5-4-10(17)18/h2-3,6H,4-5H2,1H3,(H,17,18). The number of carbonyl (C=O) groups is 1. The summed E-state index contributed by atoms with van der Waals surface area (Å²) >= 11 is 3.35. The molecule has 19 heavy (non-hydrogen) atoms. The minimum absolute atomic E-state index is 0.0448. The molecule has 0 fully saturated rings. The predicted octanol–water partition coefficient (Wildman–Crippen LogP) is 1.59. The van der Waals surface area contributed by atoms with E-state index in [0.717, 1.165) is 4.47 Å². The molecule has 7 nitrogen and oxygen atoms in total. The predicted molar refractivity (Wildman–Crippen MR) is 69.8 cm³/mol. The lowest BCUT2D eigenvalue weighted by Gasteiger charge is -2.08. The molecule has 1 aromatic heterocycles. The van der Waals surface area contributed by atoms with Crippen molar-refractivity contribution in [2.45, 2.75) is 13.0 Å². The van der Waals surface area contributed by atoms with E-state index >= 15 is 0 Å². The number of hydrogen-bond acceptors (Lipinski definition) is 5. The van der Waals surface area contributed by atoms with Crippen LogP contribution in [0.15, 0.2) is 22.7 Å². The van der Waals surface area contributed by atoms with Crippen molar-refractivity contribution in [1.82, 2.24) is 20.2 Å². The van der Waals surface area contributed by atoms with E-state index < -0.39 is 5.97 Å². The maximum Gasteiger partial charge on any atom is 0.305 e. The van der Waals surface area contributed by atoms with Crippen molar-refractivity contribution in [2.75, 3.05) is 7.11 Å². The summed E-state index contributed by atoms with van der Waals surface area (Å²) in [5, 5.41) is 20.0. The molecule has 0 saturated carbocycles. The van der Waals surface area contributed by atoms with Gasteiger partial charge in [0, 0.05) is 4.47 Å². The van der Waals surface area contributed by atoms with Gasteiger partial charge in [-0.3, -0.25) is 4.79 Å². The summed E-state index contributed by atoms with van der Waals surface area (Å²) in [6, 6.07) is 5.45. The molecule has 1 aromatic carbocycles. The molecule has 0 spiro atoms. The van der Waals surface area contributed by atoms with Gasteiger partial charge in [-0.15, -0.1) is 5.10 Å². The Balaban J connectivity index is 2.36. The third-order valence-electron chi connectivity index (χ3n) is 2.47. The first-order valence-electron chi connectivity index (χ1n) is 5.43. The molecule has 0 bridgehead atoms. The molecular formula is C11H11BrN4O3. The first kappa shape index (κ1) is 13.5. The zero-order valence-electron chi connectivity index (χ0n) is 10.1. The van der Waals surface area contributed by atoms with Crippen LogP contribution >= 0.6 is 15.9 Å². The number of hydrogen-bond donors (Lipinski definition) is 1. The average molecular weight is 327 g/mol. The van der Waals surface area contributed by atoms with Gasteiger partial charge in [-0.2, -0.15) is 0 Å². The Morgan fingerprint density at radius 1 is 1.53 bits per heavy atom. The number of ether oxygens (including phenoxy) is 1. The van der Waals surface area contributed by atoms with Crippen LogP contribution in [0.5, 0.6) is 5.75 Å². The number of benzene rings is 1. The Morgan fingerprint density at radius 3 is 3.00 bits per heavy atom. The summed E-state index contributed by atoms with van der Waals surface area (Å²) in [5.74, 6) is 0.190. The van der Waals surface area contributed by atoms with E-state index in [1.54, 1.807) is 13.2 Å². The van der Waals surface area contributed by atoms with Gasteiger partial charge in [0.05, 0.1) is 25.6 Å².